The van der Waals surface area contributed by atoms with Crippen molar-refractivity contribution in [2.75, 3.05) is 0 Å². The van der Waals surface area contributed by atoms with Crippen LogP contribution in [-0.2, 0) is 0 Å². The molecule has 0 N–H and O–H groups in total. The monoisotopic (exact) mass is 249 g/mol. The van der Waals surface area contributed by atoms with Crippen molar-refractivity contribution in [2.24, 2.45) is 3.24 Å². The molecular formula is C7H5NOTe. The molecule has 3 heteroatoms. The van der Waals surface area contributed by atoms with Crippen molar-refractivity contribution in [1.29, 1.82) is 0 Å². The second kappa shape index (κ2) is 2.61. The van der Waals surface area contributed by atoms with Crippen LogP contribution >= 0.6 is 0 Å². The van der Waals surface area contributed by atoms with Gasteiger partial charge in [-0.3, -0.25) is 0 Å². The summed E-state index contributed by atoms with van der Waals surface area (Å²) in [4.78, 5) is 0. The van der Waals surface area contributed by atoms with Gasteiger partial charge in [-0.25, -0.2) is 0 Å². The van der Waals surface area contributed by atoms with Crippen molar-refractivity contribution in [2.45, 2.75) is 0 Å². The molecule has 1 aromatic rings. The normalized spacial score (nSPS) is 14.0. The van der Waals surface area contributed by atoms with Gasteiger partial charge in [-0.15, -0.1) is 0 Å². The first-order valence-corrected chi connectivity index (χ1v) is 4.92. The van der Waals surface area contributed by atoms with E-state index in [0.717, 1.165) is 11.3 Å². The van der Waals surface area contributed by atoms with Gasteiger partial charge in [0.2, 0.25) is 0 Å². The van der Waals surface area contributed by atoms with Crippen molar-refractivity contribution in [3.05, 3.63) is 29.8 Å². The molecule has 0 atom stereocenters. The van der Waals surface area contributed by atoms with E-state index >= 15 is 0 Å². The molecule has 10 heavy (non-hydrogen) atoms. The fourth-order valence-corrected chi connectivity index (χ4v) is 2.04. The van der Waals surface area contributed by atoms with Crippen molar-refractivity contribution in [3.63, 3.8) is 0 Å². The molecule has 0 radical (unpaired) electrons. The van der Waals surface area contributed by atoms with Gasteiger partial charge >= 0.3 is 69.7 Å². The fourth-order valence-electron chi connectivity index (χ4n) is 0.803. The molecule has 0 unspecified atom stereocenters. The summed E-state index contributed by atoms with van der Waals surface area (Å²) in [6.07, 6.45) is 1.89. The maximum atomic E-state index is 5.36. The SMILES string of the molecule is C1=N[Te]Oc2ccccc21. The number of benzene rings is 1. The topological polar surface area (TPSA) is 21.6 Å². The number of fused-ring (bicyclic) bond motifs is 1. The summed E-state index contributed by atoms with van der Waals surface area (Å²) in [6, 6.07) is 7.95. The van der Waals surface area contributed by atoms with Crippen LogP contribution in [0.25, 0.3) is 0 Å². The van der Waals surface area contributed by atoms with Crippen LogP contribution in [0.1, 0.15) is 5.56 Å². The molecule has 0 saturated carbocycles. The maximum absolute atomic E-state index is 5.36. The van der Waals surface area contributed by atoms with Crippen molar-refractivity contribution < 1.29 is 3.10 Å². The average Bonchev–Trinajstić information content (AvgIpc) is 2.05. The van der Waals surface area contributed by atoms with Crippen LogP contribution in [0.4, 0.5) is 0 Å². The molecule has 0 spiro atoms. The Labute approximate surface area is 69.9 Å². The van der Waals surface area contributed by atoms with Crippen molar-refractivity contribution in [1.82, 2.24) is 0 Å². The zero-order valence-corrected chi connectivity index (χ0v) is 7.48. The Hall–Kier alpha value is -0.520. The number of hydrogen-bond acceptors (Lipinski definition) is 2. The van der Waals surface area contributed by atoms with Crippen LogP contribution in [0.5, 0.6) is 5.75 Å². The van der Waals surface area contributed by atoms with E-state index in [4.69, 9.17) is 3.10 Å². The molecular weight excluding hydrogens is 242 g/mol. The summed E-state index contributed by atoms with van der Waals surface area (Å²) >= 11 is -0.561. The second-order valence-electron chi connectivity index (χ2n) is 1.93. The van der Waals surface area contributed by atoms with E-state index in [1.807, 2.05) is 30.5 Å². The number of rotatable bonds is 0. The first-order valence-electron chi connectivity index (χ1n) is 2.93. The quantitative estimate of drug-likeness (QED) is 0.627. The van der Waals surface area contributed by atoms with E-state index in [9.17, 15) is 0 Å². The van der Waals surface area contributed by atoms with Gasteiger partial charge in [0, 0.05) is 0 Å². The van der Waals surface area contributed by atoms with E-state index in [0.29, 0.717) is 0 Å². The predicted molar refractivity (Wildman–Crippen MR) is 40.4 cm³/mol. The molecule has 0 aromatic heterocycles. The summed E-state index contributed by atoms with van der Waals surface area (Å²) in [6.45, 7) is 0. The Morgan fingerprint density at radius 3 is 3.10 bits per heavy atom. The van der Waals surface area contributed by atoms with Crippen LogP contribution in [0, 0.1) is 0 Å². The van der Waals surface area contributed by atoms with E-state index < -0.39 is 21.6 Å². The number of nitrogens with zero attached hydrogens (tertiary/aromatic N) is 1. The van der Waals surface area contributed by atoms with E-state index in [1.54, 1.807) is 0 Å². The molecule has 1 aromatic carbocycles. The van der Waals surface area contributed by atoms with Crippen LogP contribution in [-0.4, -0.2) is 27.8 Å². The number of para-hydroxylation sites is 1. The fraction of sp³-hybridized carbons (Fsp3) is 0. The molecule has 0 amide bonds. The van der Waals surface area contributed by atoms with E-state index in [-0.39, 0.29) is 0 Å². The second-order valence-corrected chi connectivity index (χ2v) is 3.43. The van der Waals surface area contributed by atoms with Crippen LogP contribution < -0.4 is 3.10 Å². The van der Waals surface area contributed by atoms with Gasteiger partial charge in [-0.05, 0) is 0 Å². The first-order chi connectivity index (χ1) is 4.97. The third-order valence-corrected chi connectivity index (χ3v) is 2.55. The molecule has 0 aliphatic carbocycles. The number of hydrogen-bond donors (Lipinski definition) is 0. The zero-order valence-electron chi connectivity index (χ0n) is 5.15. The van der Waals surface area contributed by atoms with Gasteiger partial charge < -0.3 is 0 Å². The Kier molecular flexibility index (Phi) is 1.62. The van der Waals surface area contributed by atoms with Gasteiger partial charge in [-0.1, -0.05) is 0 Å². The molecule has 50 valence electrons. The summed E-state index contributed by atoms with van der Waals surface area (Å²) < 4.78 is 9.46. The van der Waals surface area contributed by atoms with Crippen LogP contribution in [0.2, 0.25) is 0 Å². The molecule has 0 fully saturated rings. The molecule has 0 bridgehead atoms. The molecule has 1 aliphatic rings. The van der Waals surface area contributed by atoms with Gasteiger partial charge in [0.1, 0.15) is 0 Å². The molecule has 2 nitrogen and oxygen atoms in total. The minimum atomic E-state index is -0.561. The Balaban J connectivity index is 2.54. The standard InChI is InChI=1S/C7H5NOTe/c1-2-4-7-6(3-1)5-8-10-9-7/h1-5H. The van der Waals surface area contributed by atoms with Gasteiger partial charge in [0.25, 0.3) is 0 Å². The predicted octanol–water partition coefficient (Wildman–Crippen LogP) is 1.03. The minimum absolute atomic E-state index is 0.561. The third-order valence-electron chi connectivity index (χ3n) is 1.28. The summed E-state index contributed by atoms with van der Waals surface area (Å²) in [5, 5.41) is 0. The van der Waals surface area contributed by atoms with E-state index in [2.05, 4.69) is 3.24 Å². The van der Waals surface area contributed by atoms with Gasteiger partial charge in [-0.2, -0.15) is 0 Å². The third kappa shape index (κ3) is 1.03. The van der Waals surface area contributed by atoms with Crippen molar-refractivity contribution >= 4 is 27.8 Å². The zero-order chi connectivity index (χ0) is 6.81. The van der Waals surface area contributed by atoms with Crippen LogP contribution in [0.3, 0.4) is 0 Å². The Morgan fingerprint density at radius 1 is 1.30 bits per heavy atom. The molecule has 0 saturated heterocycles. The summed E-state index contributed by atoms with van der Waals surface area (Å²) in [5.74, 6) is 0.986. The summed E-state index contributed by atoms with van der Waals surface area (Å²) in [5.41, 5.74) is 1.10. The average molecular weight is 247 g/mol. The van der Waals surface area contributed by atoms with Crippen LogP contribution in [0.15, 0.2) is 27.5 Å². The van der Waals surface area contributed by atoms with Crippen molar-refractivity contribution in [3.8, 4) is 5.75 Å². The Morgan fingerprint density at radius 2 is 2.20 bits per heavy atom. The molecule has 2 rings (SSSR count). The van der Waals surface area contributed by atoms with Gasteiger partial charge in [0.15, 0.2) is 0 Å². The molecule has 1 heterocycles. The Bertz CT molecular complexity index is 272. The van der Waals surface area contributed by atoms with Gasteiger partial charge in [0.05, 0.1) is 0 Å². The first kappa shape index (κ1) is 6.21. The summed E-state index contributed by atoms with van der Waals surface area (Å²) in [7, 11) is 0. The van der Waals surface area contributed by atoms with E-state index in [1.165, 1.54) is 0 Å². The molecule has 1 aliphatic heterocycles.